The fourth-order valence-electron chi connectivity index (χ4n) is 2.27. The van der Waals surface area contributed by atoms with Crippen LogP contribution in [0, 0.1) is 11.3 Å². The summed E-state index contributed by atoms with van der Waals surface area (Å²) >= 11 is 0. The highest BCUT2D eigenvalue weighted by Gasteiger charge is 2.27. The van der Waals surface area contributed by atoms with Crippen LogP contribution in [0.2, 0.25) is 0 Å². The largest absolute Gasteiger partial charge is 0.391 e. The van der Waals surface area contributed by atoms with Gasteiger partial charge in [0.15, 0.2) is 0 Å². The average Bonchev–Trinajstić information content (AvgIpc) is 2.62. The lowest BCUT2D eigenvalue weighted by Gasteiger charge is -2.28. The lowest BCUT2D eigenvalue weighted by atomic mass is 9.93. The minimum Gasteiger partial charge on any atom is -0.391 e. The van der Waals surface area contributed by atoms with Crippen molar-refractivity contribution in [2.24, 2.45) is 0 Å². The van der Waals surface area contributed by atoms with Gasteiger partial charge in [-0.2, -0.15) is 10.4 Å². The number of anilines is 1. The van der Waals surface area contributed by atoms with Crippen LogP contribution >= 0.6 is 0 Å². The number of nitriles is 1. The molecule has 1 aliphatic rings. The van der Waals surface area contributed by atoms with Crippen molar-refractivity contribution in [2.45, 2.75) is 44.2 Å². The van der Waals surface area contributed by atoms with E-state index in [1.54, 1.807) is 10.9 Å². The number of aliphatic hydroxyl groups excluding tert-OH is 1. The Morgan fingerprint density at radius 1 is 1.56 bits per heavy atom. The van der Waals surface area contributed by atoms with E-state index in [1.165, 1.54) is 0 Å². The lowest BCUT2D eigenvalue weighted by molar-refractivity contribution is 0.0705. The molecule has 1 aromatic heterocycles. The molecule has 1 saturated carbocycles. The number of nitrogen functional groups attached to an aromatic ring is 1. The number of nitrogens with two attached hydrogens (primary N) is 1. The van der Waals surface area contributed by atoms with Crippen LogP contribution in [-0.2, 0) is 6.42 Å². The molecule has 0 radical (unpaired) electrons. The smallest absolute Gasteiger partial charge is 0.126 e. The molecular formula is C11H16N4O. The predicted molar refractivity (Wildman–Crippen MR) is 59.5 cm³/mol. The number of nitrogens with zero attached hydrogens (tertiary/aromatic N) is 3. The number of hydrogen-bond donors (Lipinski definition) is 2. The third-order valence-corrected chi connectivity index (χ3v) is 3.19. The predicted octanol–water partition coefficient (Wildman–Crippen LogP) is 1.01. The van der Waals surface area contributed by atoms with Gasteiger partial charge < -0.3 is 10.8 Å². The highest BCUT2D eigenvalue weighted by atomic mass is 16.3. The standard InChI is InChI=1S/C11H16N4O/c12-6-5-8-7-14-15(11(8)13)9-3-1-2-4-10(9)16/h7,9-10,16H,1-5,13H2. The molecule has 2 atom stereocenters. The molecular weight excluding hydrogens is 204 g/mol. The average molecular weight is 220 g/mol. The first kappa shape index (κ1) is 11.0. The Balaban J connectivity index is 2.23. The first-order valence-electron chi connectivity index (χ1n) is 5.61. The Morgan fingerprint density at radius 3 is 3.00 bits per heavy atom. The van der Waals surface area contributed by atoms with Gasteiger partial charge in [0, 0.05) is 5.56 Å². The summed E-state index contributed by atoms with van der Waals surface area (Å²) in [7, 11) is 0. The zero-order valence-corrected chi connectivity index (χ0v) is 9.13. The van der Waals surface area contributed by atoms with Crippen molar-refractivity contribution < 1.29 is 5.11 Å². The Labute approximate surface area is 94.5 Å². The number of aromatic nitrogens is 2. The zero-order chi connectivity index (χ0) is 11.5. The molecule has 5 nitrogen and oxygen atoms in total. The number of aliphatic hydroxyl groups is 1. The molecule has 16 heavy (non-hydrogen) atoms. The molecule has 1 heterocycles. The third-order valence-electron chi connectivity index (χ3n) is 3.19. The summed E-state index contributed by atoms with van der Waals surface area (Å²) in [6.45, 7) is 0. The minimum atomic E-state index is -0.370. The Bertz CT molecular complexity index is 407. The normalized spacial score (nSPS) is 25.2. The van der Waals surface area contributed by atoms with Crippen molar-refractivity contribution >= 4 is 5.82 Å². The number of hydrogen-bond acceptors (Lipinski definition) is 4. The maximum absolute atomic E-state index is 9.90. The van der Waals surface area contributed by atoms with E-state index in [4.69, 9.17) is 11.0 Å². The van der Waals surface area contributed by atoms with Crippen molar-refractivity contribution in [1.29, 1.82) is 5.26 Å². The third kappa shape index (κ3) is 1.89. The maximum Gasteiger partial charge on any atom is 0.126 e. The molecule has 0 spiro atoms. The van der Waals surface area contributed by atoms with Crippen molar-refractivity contribution in [3.05, 3.63) is 11.8 Å². The fourth-order valence-corrected chi connectivity index (χ4v) is 2.27. The molecule has 3 N–H and O–H groups in total. The van der Waals surface area contributed by atoms with Gasteiger partial charge in [-0.15, -0.1) is 0 Å². The molecule has 0 aromatic carbocycles. The van der Waals surface area contributed by atoms with Gasteiger partial charge in [-0.25, -0.2) is 4.68 Å². The summed E-state index contributed by atoms with van der Waals surface area (Å²) in [6.07, 6.45) is 5.38. The first-order chi connectivity index (χ1) is 7.74. The van der Waals surface area contributed by atoms with Crippen LogP contribution in [0.15, 0.2) is 6.20 Å². The van der Waals surface area contributed by atoms with Crippen molar-refractivity contribution in [2.75, 3.05) is 5.73 Å². The Hall–Kier alpha value is -1.54. The minimum absolute atomic E-state index is 0.0267. The van der Waals surface area contributed by atoms with Crippen LogP contribution in [0.25, 0.3) is 0 Å². The molecule has 0 aliphatic heterocycles. The summed E-state index contributed by atoms with van der Waals surface area (Å²) in [5, 5.41) is 22.7. The van der Waals surface area contributed by atoms with E-state index < -0.39 is 0 Å². The maximum atomic E-state index is 9.90. The van der Waals surface area contributed by atoms with Crippen molar-refractivity contribution in [1.82, 2.24) is 9.78 Å². The quantitative estimate of drug-likeness (QED) is 0.778. The molecule has 5 heteroatoms. The molecule has 2 unspecified atom stereocenters. The van der Waals surface area contributed by atoms with E-state index in [2.05, 4.69) is 11.2 Å². The van der Waals surface area contributed by atoms with Crippen LogP contribution in [0.4, 0.5) is 5.82 Å². The second-order valence-corrected chi connectivity index (χ2v) is 4.25. The van der Waals surface area contributed by atoms with Crippen LogP contribution in [0.1, 0.15) is 37.3 Å². The monoisotopic (exact) mass is 220 g/mol. The summed E-state index contributed by atoms with van der Waals surface area (Å²) in [6, 6.07) is 2.03. The van der Waals surface area contributed by atoms with E-state index >= 15 is 0 Å². The van der Waals surface area contributed by atoms with Crippen LogP contribution < -0.4 is 5.73 Å². The summed E-state index contributed by atoms with van der Waals surface area (Å²) in [5.41, 5.74) is 6.67. The molecule has 0 bridgehead atoms. The molecule has 1 aromatic rings. The van der Waals surface area contributed by atoms with Gasteiger partial charge in [0.2, 0.25) is 0 Å². The highest BCUT2D eigenvalue weighted by molar-refractivity contribution is 5.40. The van der Waals surface area contributed by atoms with Crippen LogP contribution in [0.3, 0.4) is 0 Å². The van der Waals surface area contributed by atoms with Crippen molar-refractivity contribution in [3.63, 3.8) is 0 Å². The molecule has 0 saturated heterocycles. The van der Waals surface area contributed by atoms with Crippen molar-refractivity contribution in [3.8, 4) is 6.07 Å². The SMILES string of the molecule is N#CCc1cnn(C2CCCCC2O)c1N. The molecule has 2 rings (SSSR count). The van der Waals surface area contributed by atoms with Gasteiger partial charge in [0.25, 0.3) is 0 Å². The van der Waals surface area contributed by atoms with E-state index in [1.807, 2.05) is 0 Å². The topological polar surface area (TPSA) is 87.9 Å². The summed E-state index contributed by atoms with van der Waals surface area (Å²) < 4.78 is 1.68. The van der Waals surface area contributed by atoms with Gasteiger partial charge in [0.05, 0.1) is 30.8 Å². The van der Waals surface area contributed by atoms with Gasteiger partial charge in [-0.3, -0.25) is 0 Å². The molecule has 86 valence electrons. The second kappa shape index (κ2) is 4.54. The Morgan fingerprint density at radius 2 is 2.31 bits per heavy atom. The van der Waals surface area contributed by atoms with Crippen LogP contribution in [0.5, 0.6) is 0 Å². The second-order valence-electron chi connectivity index (χ2n) is 4.25. The van der Waals surface area contributed by atoms with Crippen LogP contribution in [-0.4, -0.2) is 21.0 Å². The van der Waals surface area contributed by atoms with E-state index in [0.29, 0.717) is 5.82 Å². The summed E-state index contributed by atoms with van der Waals surface area (Å²) in [5.74, 6) is 0.521. The lowest BCUT2D eigenvalue weighted by Crippen LogP contribution is -2.29. The van der Waals surface area contributed by atoms with E-state index in [9.17, 15) is 5.11 Å². The van der Waals surface area contributed by atoms with Gasteiger partial charge in [-0.05, 0) is 12.8 Å². The van der Waals surface area contributed by atoms with Gasteiger partial charge in [-0.1, -0.05) is 12.8 Å². The first-order valence-corrected chi connectivity index (χ1v) is 5.61. The Kier molecular flexibility index (Phi) is 3.11. The van der Waals surface area contributed by atoms with E-state index in [-0.39, 0.29) is 18.6 Å². The van der Waals surface area contributed by atoms with E-state index in [0.717, 1.165) is 31.2 Å². The summed E-state index contributed by atoms with van der Waals surface area (Å²) in [4.78, 5) is 0. The van der Waals surface area contributed by atoms with Gasteiger partial charge in [0.1, 0.15) is 5.82 Å². The number of rotatable bonds is 2. The van der Waals surface area contributed by atoms with Gasteiger partial charge >= 0.3 is 0 Å². The zero-order valence-electron chi connectivity index (χ0n) is 9.13. The highest BCUT2D eigenvalue weighted by Crippen LogP contribution is 2.30. The molecule has 1 fully saturated rings. The molecule has 0 amide bonds. The molecule has 1 aliphatic carbocycles. The fraction of sp³-hybridized carbons (Fsp3) is 0.636.